The summed E-state index contributed by atoms with van der Waals surface area (Å²) >= 11 is 3.44. The van der Waals surface area contributed by atoms with Gasteiger partial charge in [0.15, 0.2) is 0 Å². The molecule has 1 amide bonds. The van der Waals surface area contributed by atoms with Crippen molar-refractivity contribution < 1.29 is 4.79 Å². The molecule has 3 nitrogen and oxygen atoms in total. The van der Waals surface area contributed by atoms with Gasteiger partial charge in [0.2, 0.25) is 0 Å². The van der Waals surface area contributed by atoms with Crippen molar-refractivity contribution in [1.29, 1.82) is 0 Å². The monoisotopic (exact) mass is 332 g/mol. The molecule has 1 aromatic heterocycles. The summed E-state index contributed by atoms with van der Waals surface area (Å²) in [6, 6.07) is 9.55. The minimum atomic E-state index is -0.0848. The number of amides is 1. The van der Waals surface area contributed by atoms with Crippen LogP contribution in [0.15, 0.2) is 41.0 Å². The van der Waals surface area contributed by atoms with Crippen LogP contribution in [0.3, 0.4) is 0 Å². The van der Waals surface area contributed by atoms with E-state index in [2.05, 4.69) is 33.2 Å². The first kappa shape index (κ1) is 14.7. The summed E-state index contributed by atoms with van der Waals surface area (Å²) in [6.07, 6.45) is 2.66. The molecule has 4 heteroatoms. The smallest absolute Gasteiger partial charge is 0.251 e. The van der Waals surface area contributed by atoms with E-state index in [-0.39, 0.29) is 5.91 Å². The van der Waals surface area contributed by atoms with Crippen molar-refractivity contribution in [1.82, 2.24) is 10.3 Å². The van der Waals surface area contributed by atoms with Crippen LogP contribution in [0.1, 0.15) is 34.1 Å². The van der Waals surface area contributed by atoms with Crippen LogP contribution in [0.25, 0.3) is 0 Å². The first-order valence-electron chi connectivity index (χ1n) is 6.59. The Morgan fingerprint density at radius 3 is 2.85 bits per heavy atom. The number of nitrogens with zero attached hydrogens (tertiary/aromatic N) is 1. The summed E-state index contributed by atoms with van der Waals surface area (Å²) in [4.78, 5) is 16.4. The van der Waals surface area contributed by atoms with Crippen molar-refractivity contribution in [3.8, 4) is 0 Å². The molecule has 0 atom stereocenters. The van der Waals surface area contributed by atoms with Gasteiger partial charge in [0.1, 0.15) is 0 Å². The Morgan fingerprint density at radius 1 is 1.35 bits per heavy atom. The molecule has 2 rings (SSSR count). The summed E-state index contributed by atoms with van der Waals surface area (Å²) in [6.45, 7) is 4.53. The van der Waals surface area contributed by atoms with Gasteiger partial charge in [0, 0.05) is 16.2 Å². The molecule has 0 radical (unpaired) electrons. The quantitative estimate of drug-likeness (QED) is 0.928. The van der Waals surface area contributed by atoms with E-state index in [1.54, 1.807) is 6.20 Å². The first-order chi connectivity index (χ1) is 9.61. The van der Waals surface area contributed by atoms with Crippen molar-refractivity contribution in [2.75, 3.05) is 0 Å². The molecule has 0 spiro atoms. The van der Waals surface area contributed by atoms with Gasteiger partial charge in [0.25, 0.3) is 5.91 Å². The Hall–Kier alpha value is -1.68. The maximum Gasteiger partial charge on any atom is 0.251 e. The molecule has 0 aliphatic rings. The lowest BCUT2D eigenvalue weighted by Gasteiger charge is -2.09. The molecule has 104 valence electrons. The van der Waals surface area contributed by atoms with Gasteiger partial charge in [-0.2, -0.15) is 0 Å². The van der Waals surface area contributed by atoms with Crippen molar-refractivity contribution >= 4 is 21.8 Å². The van der Waals surface area contributed by atoms with Crippen LogP contribution in [0, 0.1) is 6.92 Å². The number of pyridine rings is 1. The molecule has 0 saturated heterocycles. The lowest BCUT2D eigenvalue weighted by atomic mass is 10.1. The van der Waals surface area contributed by atoms with Gasteiger partial charge in [-0.25, -0.2) is 0 Å². The third-order valence-corrected chi connectivity index (χ3v) is 4.07. The fourth-order valence-corrected chi connectivity index (χ4v) is 2.33. The zero-order chi connectivity index (χ0) is 14.5. The van der Waals surface area contributed by atoms with Gasteiger partial charge >= 0.3 is 0 Å². The minimum Gasteiger partial charge on any atom is -0.346 e. The highest BCUT2D eigenvalue weighted by molar-refractivity contribution is 9.10. The van der Waals surface area contributed by atoms with Crippen molar-refractivity contribution in [3.63, 3.8) is 0 Å². The SMILES string of the molecule is CCc1cccnc1CNC(=O)c1ccc(C)c(Br)c1. The molecule has 1 N–H and O–H groups in total. The van der Waals surface area contributed by atoms with E-state index < -0.39 is 0 Å². The molecule has 20 heavy (non-hydrogen) atoms. The van der Waals surface area contributed by atoms with Crippen LogP contribution in [0.5, 0.6) is 0 Å². The zero-order valence-corrected chi connectivity index (χ0v) is 13.2. The number of nitrogens with one attached hydrogen (secondary N) is 1. The predicted octanol–water partition coefficient (Wildman–Crippen LogP) is 3.64. The fourth-order valence-electron chi connectivity index (χ4n) is 1.95. The van der Waals surface area contributed by atoms with Gasteiger partial charge in [-0.1, -0.05) is 35.0 Å². The molecular weight excluding hydrogens is 316 g/mol. The lowest BCUT2D eigenvalue weighted by molar-refractivity contribution is 0.0950. The Bertz CT molecular complexity index is 626. The predicted molar refractivity (Wildman–Crippen MR) is 83.7 cm³/mol. The molecule has 0 aliphatic carbocycles. The van der Waals surface area contributed by atoms with E-state index in [1.807, 2.05) is 37.3 Å². The highest BCUT2D eigenvalue weighted by atomic mass is 79.9. The molecule has 0 saturated carbocycles. The van der Waals surface area contributed by atoms with Gasteiger partial charge in [-0.05, 0) is 42.7 Å². The minimum absolute atomic E-state index is 0.0848. The molecule has 1 aromatic carbocycles. The van der Waals surface area contributed by atoms with Gasteiger partial charge in [-0.3, -0.25) is 9.78 Å². The normalized spacial score (nSPS) is 10.3. The summed E-state index contributed by atoms with van der Waals surface area (Å²) in [5, 5.41) is 2.91. The van der Waals surface area contributed by atoms with E-state index in [1.165, 1.54) is 0 Å². The Kier molecular flexibility index (Phi) is 4.90. The van der Waals surface area contributed by atoms with Crippen molar-refractivity contribution in [3.05, 3.63) is 63.4 Å². The topological polar surface area (TPSA) is 42.0 Å². The number of carbonyl (C=O) groups excluding carboxylic acids is 1. The number of hydrogen-bond acceptors (Lipinski definition) is 2. The molecule has 0 unspecified atom stereocenters. The zero-order valence-electron chi connectivity index (χ0n) is 11.6. The van der Waals surface area contributed by atoms with Crippen LogP contribution in [-0.2, 0) is 13.0 Å². The Balaban J connectivity index is 2.06. The van der Waals surface area contributed by atoms with Crippen molar-refractivity contribution in [2.45, 2.75) is 26.8 Å². The second kappa shape index (κ2) is 6.66. The van der Waals surface area contributed by atoms with Crippen LogP contribution < -0.4 is 5.32 Å². The van der Waals surface area contributed by atoms with E-state index in [9.17, 15) is 4.79 Å². The second-order valence-corrected chi connectivity index (χ2v) is 5.46. The molecule has 0 aliphatic heterocycles. The van der Waals surface area contributed by atoms with E-state index >= 15 is 0 Å². The van der Waals surface area contributed by atoms with Crippen molar-refractivity contribution in [2.24, 2.45) is 0 Å². The third kappa shape index (κ3) is 3.45. The number of halogens is 1. The largest absolute Gasteiger partial charge is 0.346 e. The molecule has 1 heterocycles. The molecule has 0 bridgehead atoms. The number of hydrogen-bond donors (Lipinski definition) is 1. The summed E-state index contributed by atoms with van der Waals surface area (Å²) in [7, 11) is 0. The number of aryl methyl sites for hydroxylation is 2. The standard InChI is InChI=1S/C16H17BrN2O/c1-3-12-5-4-8-18-15(12)10-19-16(20)13-7-6-11(2)14(17)9-13/h4-9H,3,10H2,1-2H3,(H,19,20). The average molecular weight is 333 g/mol. The van der Waals surface area contributed by atoms with Gasteiger partial charge < -0.3 is 5.32 Å². The van der Waals surface area contributed by atoms with Crippen LogP contribution in [-0.4, -0.2) is 10.9 Å². The van der Waals surface area contributed by atoms with Gasteiger partial charge in [0.05, 0.1) is 12.2 Å². The second-order valence-electron chi connectivity index (χ2n) is 4.61. The van der Waals surface area contributed by atoms with Crippen LogP contribution in [0.4, 0.5) is 0 Å². The number of benzene rings is 1. The van der Waals surface area contributed by atoms with Crippen LogP contribution >= 0.6 is 15.9 Å². The lowest BCUT2D eigenvalue weighted by Crippen LogP contribution is -2.24. The molecular formula is C16H17BrN2O. The summed E-state index contributed by atoms with van der Waals surface area (Å²) in [5.41, 5.74) is 3.85. The highest BCUT2D eigenvalue weighted by Crippen LogP contribution is 2.17. The number of aromatic nitrogens is 1. The molecule has 0 fully saturated rings. The summed E-state index contributed by atoms with van der Waals surface area (Å²) in [5.74, 6) is -0.0848. The maximum absolute atomic E-state index is 12.1. The molecule has 2 aromatic rings. The third-order valence-electron chi connectivity index (χ3n) is 3.22. The van der Waals surface area contributed by atoms with Crippen LogP contribution in [0.2, 0.25) is 0 Å². The number of rotatable bonds is 4. The average Bonchev–Trinajstić information content (AvgIpc) is 2.47. The van der Waals surface area contributed by atoms with E-state index in [0.717, 1.165) is 27.7 Å². The Morgan fingerprint density at radius 2 is 2.15 bits per heavy atom. The van der Waals surface area contributed by atoms with E-state index in [4.69, 9.17) is 0 Å². The van der Waals surface area contributed by atoms with Gasteiger partial charge in [-0.15, -0.1) is 0 Å². The highest BCUT2D eigenvalue weighted by Gasteiger charge is 2.08. The Labute approximate surface area is 127 Å². The number of carbonyl (C=O) groups is 1. The van der Waals surface area contributed by atoms with E-state index in [0.29, 0.717) is 12.1 Å². The fraction of sp³-hybridized carbons (Fsp3) is 0.250. The first-order valence-corrected chi connectivity index (χ1v) is 7.38. The maximum atomic E-state index is 12.1. The summed E-state index contributed by atoms with van der Waals surface area (Å²) < 4.78 is 0.942.